The summed E-state index contributed by atoms with van der Waals surface area (Å²) >= 11 is 0. The second kappa shape index (κ2) is 12.4. The smallest absolute Gasteiger partial charge is 0.407 e. The third-order valence-corrected chi connectivity index (χ3v) is 6.45. The van der Waals surface area contributed by atoms with Crippen molar-refractivity contribution in [3.05, 3.63) is 59.7 Å². The number of alkyl carbamates (subject to hydrolysis) is 1. The van der Waals surface area contributed by atoms with Crippen LogP contribution in [0.3, 0.4) is 0 Å². The molecule has 7 nitrogen and oxygen atoms in total. The van der Waals surface area contributed by atoms with Crippen LogP contribution in [0.5, 0.6) is 0 Å². The van der Waals surface area contributed by atoms with Gasteiger partial charge >= 0.3 is 12.1 Å². The fraction of sp³-hybridized carbons (Fsp3) is 0.464. The second-order valence-electron chi connectivity index (χ2n) is 9.78. The van der Waals surface area contributed by atoms with Crippen LogP contribution in [0.4, 0.5) is 4.79 Å². The number of benzene rings is 2. The third-order valence-electron chi connectivity index (χ3n) is 6.45. The van der Waals surface area contributed by atoms with E-state index in [-0.39, 0.29) is 30.8 Å². The van der Waals surface area contributed by atoms with Crippen LogP contribution >= 0.6 is 0 Å². The molecule has 7 heteroatoms. The molecule has 0 saturated carbocycles. The van der Waals surface area contributed by atoms with Gasteiger partial charge in [0.2, 0.25) is 5.91 Å². The van der Waals surface area contributed by atoms with Crippen LogP contribution in [0.15, 0.2) is 48.5 Å². The van der Waals surface area contributed by atoms with E-state index in [9.17, 15) is 19.5 Å². The second-order valence-corrected chi connectivity index (χ2v) is 9.78. The van der Waals surface area contributed by atoms with Gasteiger partial charge in [0.25, 0.3) is 0 Å². The lowest BCUT2D eigenvalue weighted by Crippen LogP contribution is -2.41. The Bertz CT molecular complexity index is 990. The molecular formula is C28H36N2O5. The number of hydrogen-bond acceptors (Lipinski definition) is 4. The number of aliphatic carboxylic acids is 1. The first-order chi connectivity index (χ1) is 16.8. The predicted molar refractivity (Wildman–Crippen MR) is 135 cm³/mol. The Labute approximate surface area is 207 Å². The molecule has 1 aliphatic carbocycles. The first kappa shape index (κ1) is 26.3. The maximum Gasteiger partial charge on any atom is 0.407 e. The molecule has 0 aromatic heterocycles. The van der Waals surface area contributed by atoms with E-state index in [0.29, 0.717) is 25.3 Å². The Morgan fingerprint density at radius 3 is 2.09 bits per heavy atom. The lowest BCUT2D eigenvalue weighted by atomic mass is 9.98. The summed E-state index contributed by atoms with van der Waals surface area (Å²) in [6.45, 7) is 6.58. The highest BCUT2D eigenvalue weighted by Gasteiger charge is 2.29. The molecule has 35 heavy (non-hydrogen) atoms. The quantitative estimate of drug-likeness (QED) is 0.399. The summed E-state index contributed by atoms with van der Waals surface area (Å²) in [5.74, 6) is -0.924. The number of ether oxygens (including phenoxy) is 1. The van der Waals surface area contributed by atoms with Crippen molar-refractivity contribution in [1.82, 2.24) is 10.6 Å². The number of carbonyl (C=O) groups excluding carboxylic acids is 2. The summed E-state index contributed by atoms with van der Waals surface area (Å²) in [5.41, 5.74) is 4.68. The van der Waals surface area contributed by atoms with Gasteiger partial charge in [-0.25, -0.2) is 9.59 Å². The normalized spacial score (nSPS) is 14.1. The van der Waals surface area contributed by atoms with Gasteiger partial charge in [-0.05, 0) is 53.4 Å². The van der Waals surface area contributed by atoms with Gasteiger partial charge in [0.05, 0.1) is 0 Å². The van der Waals surface area contributed by atoms with Crippen molar-refractivity contribution in [2.45, 2.75) is 58.4 Å². The molecule has 3 rings (SSSR count). The fourth-order valence-corrected chi connectivity index (χ4v) is 4.50. The largest absolute Gasteiger partial charge is 0.480 e. The van der Waals surface area contributed by atoms with Crippen LogP contribution in [-0.2, 0) is 14.3 Å². The van der Waals surface area contributed by atoms with Crippen LogP contribution in [0.1, 0.15) is 63.5 Å². The van der Waals surface area contributed by atoms with E-state index in [1.54, 1.807) is 0 Å². The zero-order chi connectivity index (χ0) is 25.4. The summed E-state index contributed by atoms with van der Waals surface area (Å²) < 4.78 is 5.53. The van der Waals surface area contributed by atoms with Gasteiger partial charge in [-0.3, -0.25) is 4.79 Å². The molecule has 0 radical (unpaired) electrons. The minimum Gasteiger partial charge on any atom is -0.480 e. The molecule has 0 saturated heterocycles. The molecule has 0 heterocycles. The molecule has 2 aromatic carbocycles. The first-order valence-corrected chi connectivity index (χ1v) is 12.4. The van der Waals surface area contributed by atoms with Crippen molar-refractivity contribution in [1.29, 1.82) is 0 Å². The average molecular weight is 481 g/mol. The maximum atomic E-state index is 12.3. The van der Waals surface area contributed by atoms with Crippen LogP contribution < -0.4 is 10.6 Å². The van der Waals surface area contributed by atoms with E-state index in [4.69, 9.17) is 4.74 Å². The van der Waals surface area contributed by atoms with E-state index in [0.717, 1.165) is 17.5 Å². The number of hydrogen-bond donors (Lipinski definition) is 3. The summed E-state index contributed by atoms with van der Waals surface area (Å²) in [4.78, 5) is 36.0. The number of fused-ring (bicyclic) bond motifs is 3. The van der Waals surface area contributed by atoms with E-state index >= 15 is 0 Å². The monoisotopic (exact) mass is 480 g/mol. The van der Waals surface area contributed by atoms with Crippen LogP contribution in [0, 0.1) is 11.8 Å². The van der Waals surface area contributed by atoms with E-state index in [1.807, 2.05) is 45.0 Å². The number of amides is 2. The molecule has 3 N–H and O–H groups in total. The highest BCUT2D eigenvalue weighted by molar-refractivity contribution is 5.83. The number of nitrogens with one attached hydrogen (secondary N) is 2. The average Bonchev–Trinajstić information content (AvgIpc) is 3.13. The highest BCUT2D eigenvalue weighted by atomic mass is 16.5. The number of carboxylic acid groups (broad SMARTS) is 1. The minimum absolute atomic E-state index is 0.00801. The summed E-state index contributed by atoms with van der Waals surface area (Å²) in [6, 6.07) is 15.5. The molecular weight excluding hydrogens is 444 g/mol. The van der Waals surface area contributed by atoms with Gasteiger partial charge in [0.1, 0.15) is 12.6 Å². The molecule has 0 bridgehead atoms. The van der Waals surface area contributed by atoms with Gasteiger partial charge in [-0.15, -0.1) is 0 Å². The summed E-state index contributed by atoms with van der Waals surface area (Å²) in [7, 11) is 0. The van der Waals surface area contributed by atoms with Gasteiger partial charge in [-0.1, -0.05) is 69.3 Å². The zero-order valence-corrected chi connectivity index (χ0v) is 20.8. The fourth-order valence-electron chi connectivity index (χ4n) is 4.50. The molecule has 0 spiro atoms. The maximum absolute atomic E-state index is 12.3. The Morgan fingerprint density at radius 1 is 0.914 bits per heavy atom. The Balaban J connectivity index is 1.40. The van der Waals surface area contributed by atoms with Gasteiger partial charge in [-0.2, -0.15) is 0 Å². The van der Waals surface area contributed by atoms with E-state index < -0.39 is 18.1 Å². The molecule has 2 unspecified atom stereocenters. The van der Waals surface area contributed by atoms with Crippen molar-refractivity contribution < 1.29 is 24.2 Å². The molecule has 1 aliphatic rings. The van der Waals surface area contributed by atoms with Gasteiger partial charge in [0, 0.05) is 18.9 Å². The predicted octanol–water partition coefficient (Wildman–Crippen LogP) is 4.95. The number of carbonyl (C=O) groups is 3. The molecule has 2 amide bonds. The Morgan fingerprint density at radius 2 is 1.51 bits per heavy atom. The van der Waals surface area contributed by atoms with Gasteiger partial charge in [0.15, 0.2) is 0 Å². The van der Waals surface area contributed by atoms with Crippen LogP contribution in [0.25, 0.3) is 11.1 Å². The highest BCUT2D eigenvalue weighted by Crippen LogP contribution is 2.44. The molecule has 2 atom stereocenters. The molecule has 0 fully saturated rings. The third kappa shape index (κ3) is 7.31. The van der Waals surface area contributed by atoms with Crippen LogP contribution in [0.2, 0.25) is 0 Å². The topological polar surface area (TPSA) is 105 Å². The van der Waals surface area contributed by atoms with E-state index in [2.05, 4.69) is 34.9 Å². The molecule has 0 aliphatic heterocycles. The van der Waals surface area contributed by atoms with Crippen molar-refractivity contribution in [2.24, 2.45) is 11.8 Å². The lowest BCUT2D eigenvalue weighted by molar-refractivity contribution is -0.142. The summed E-state index contributed by atoms with van der Waals surface area (Å²) in [6.07, 6.45) is 1.45. The Kier molecular flexibility index (Phi) is 9.29. The van der Waals surface area contributed by atoms with Gasteiger partial charge < -0.3 is 20.5 Å². The zero-order valence-electron chi connectivity index (χ0n) is 20.8. The minimum atomic E-state index is -1.01. The van der Waals surface area contributed by atoms with Crippen molar-refractivity contribution >= 4 is 18.0 Å². The Hall–Kier alpha value is -3.35. The van der Waals surface area contributed by atoms with Crippen molar-refractivity contribution in [3.8, 4) is 11.1 Å². The van der Waals surface area contributed by atoms with Crippen LogP contribution in [-0.4, -0.2) is 42.3 Å². The lowest BCUT2D eigenvalue weighted by Gasteiger charge is -2.18. The molecule has 2 aromatic rings. The molecule has 188 valence electrons. The SMILES string of the molecule is CC(C)CCC(NC(=O)CC(C)CCNC(=O)OCC1c2ccccc2-c2ccccc21)C(=O)O. The summed E-state index contributed by atoms with van der Waals surface area (Å²) in [5, 5.41) is 14.7. The first-order valence-electron chi connectivity index (χ1n) is 12.4. The van der Waals surface area contributed by atoms with Crippen molar-refractivity contribution in [3.63, 3.8) is 0 Å². The number of carboxylic acids is 1. The van der Waals surface area contributed by atoms with E-state index in [1.165, 1.54) is 11.1 Å². The number of rotatable bonds is 12. The standard InChI is InChI=1S/C28H36N2O5/c1-18(2)12-13-25(27(32)33)30-26(31)16-19(3)14-15-29-28(34)35-17-24-22-10-6-4-8-20(22)21-9-5-7-11-23(21)24/h4-11,18-19,24-25H,12-17H2,1-3H3,(H,29,34)(H,30,31)(H,32,33). The van der Waals surface area contributed by atoms with Crippen molar-refractivity contribution in [2.75, 3.05) is 13.2 Å².